The molecule has 1 unspecified atom stereocenters. The molecule has 4 heteroatoms. The van der Waals surface area contributed by atoms with Crippen LogP contribution in [0.15, 0.2) is 47.5 Å². The van der Waals surface area contributed by atoms with Gasteiger partial charge in [0.1, 0.15) is 0 Å². The molecule has 0 amide bonds. The van der Waals surface area contributed by atoms with Gasteiger partial charge in [0, 0.05) is 43.3 Å². The van der Waals surface area contributed by atoms with Crippen LogP contribution in [0.2, 0.25) is 0 Å². The van der Waals surface area contributed by atoms with Crippen LogP contribution in [0.4, 0.5) is 0 Å². The molecule has 17 heavy (non-hydrogen) atoms. The van der Waals surface area contributed by atoms with Gasteiger partial charge in [0.05, 0.1) is 0 Å². The average Bonchev–Trinajstić information content (AvgIpc) is 2.76. The standard InChI is InChI=1S/C13H17N3O/c1-11(14)12-5-4-8-15(12)9-10-16-7-3-2-6-13(16)17/h2-8,11H,9-10,14H2,1H3. The number of nitrogens with zero attached hydrogens (tertiary/aromatic N) is 2. The molecule has 0 bridgehead atoms. The second-order valence-corrected chi connectivity index (χ2v) is 4.15. The molecule has 0 saturated heterocycles. The predicted molar refractivity (Wildman–Crippen MR) is 67.7 cm³/mol. The largest absolute Gasteiger partial charge is 0.348 e. The van der Waals surface area contributed by atoms with Gasteiger partial charge in [0.25, 0.3) is 5.56 Å². The van der Waals surface area contributed by atoms with Crippen molar-refractivity contribution >= 4 is 0 Å². The topological polar surface area (TPSA) is 52.9 Å². The molecule has 0 aliphatic rings. The maximum atomic E-state index is 11.5. The molecule has 1 atom stereocenters. The highest BCUT2D eigenvalue weighted by atomic mass is 16.1. The van der Waals surface area contributed by atoms with Crippen LogP contribution in [0.5, 0.6) is 0 Å². The molecule has 2 heterocycles. The third kappa shape index (κ3) is 2.65. The zero-order valence-corrected chi connectivity index (χ0v) is 9.91. The second kappa shape index (κ2) is 5.01. The van der Waals surface area contributed by atoms with Crippen LogP contribution in [-0.4, -0.2) is 9.13 Å². The number of hydrogen-bond donors (Lipinski definition) is 1. The van der Waals surface area contributed by atoms with Crippen LogP contribution in [0.1, 0.15) is 18.7 Å². The lowest BCUT2D eigenvalue weighted by Gasteiger charge is -2.12. The molecule has 90 valence electrons. The highest BCUT2D eigenvalue weighted by Gasteiger charge is 2.05. The van der Waals surface area contributed by atoms with E-state index in [2.05, 4.69) is 4.57 Å². The van der Waals surface area contributed by atoms with Gasteiger partial charge in [0.15, 0.2) is 0 Å². The quantitative estimate of drug-likeness (QED) is 0.864. The average molecular weight is 231 g/mol. The minimum atomic E-state index is 0.0116. The highest BCUT2D eigenvalue weighted by molar-refractivity contribution is 5.10. The van der Waals surface area contributed by atoms with E-state index in [-0.39, 0.29) is 11.6 Å². The van der Waals surface area contributed by atoms with Gasteiger partial charge in [-0.05, 0) is 25.1 Å². The summed E-state index contributed by atoms with van der Waals surface area (Å²) in [4.78, 5) is 11.5. The smallest absolute Gasteiger partial charge is 0.250 e. The second-order valence-electron chi connectivity index (χ2n) is 4.15. The van der Waals surface area contributed by atoms with Crippen molar-refractivity contribution in [3.63, 3.8) is 0 Å². The molecule has 0 saturated carbocycles. The van der Waals surface area contributed by atoms with Crippen LogP contribution >= 0.6 is 0 Å². The van der Waals surface area contributed by atoms with E-state index >= 15 is 0 Å². The Bertz CT molecular complexity index is 539. The lowest BCUT2D eigenvalue weighted by molar-refractivity contribution is 0.540. The third-order valence-electron chi connectivity index (χ3n) is 2.81. The van der Waals surface area contributed by atoms with Crippen LogP contribution in [0.3, 0.4) is 0 Å². The molecular formula is C13H17N3O. The third-order valence-corrected chi connectivity index (χ3v) is 2.81. The Morgan fingerprint density at radius 2 is 1.82 bits per heavy atom. The summed E-state index contributed by atoms with van der Waals surface area (Å²) in [6, 6.07) is 9.19. The molecule has 0 aromatic carbocycles. The fraction of sp³-hybridized carbons (Fsp3) is 0.308. The van der Waals surface area contributed by atoms with Crippen LogP contribution in [0.25, 0.3) is 0 Å². The van der Waals surface area contributed by atoms with Crippen molar-refractivity contribution in [3.05, 3.63) is 58.8 Å². The Balaban J connectivity index is 2.10. The van der Waals surface area contributed by atoms with Crippen LogP contribution in [-0.2, 0) is 13.1 Å². The van der Waals surface area contributed by atoms with E-state index < -0.39 is 0 Å². The molecule has 4 nitrogen and oxygen atoms in total. The normalized spacial score (nSPS) is 12.6. The van der Waals surface area contributed by atoms with Crippen LogP contribution < -0.4 is 11.3 Å². The summed E-state index contributed by atoms with van der Waals surface area (Å²) in [6.07, 6.45) is 3.80. The first-order valence-corrected chi connectivity index (χ1v) is 5.74. The number of aryl methyl sites for hydroxylation is 2. The van der Waals surface area contributed by atoms with E-state index in [0.29, 0.717) is 6.54 Å². The molecular weight excluding hydrogens is 214 g/mol. The molecule has 2 aromatic rings. The fourth-order valence-corrected chi connectivity index (χ4v) is 1.91. The highest BCUT2D eigenvalue weighted by Crippen LogP contribution is 2.10. The van der Waals surface area contributed by atoms with E-state index in [9.17, 15) is 4.79 Å². The van der Waals surface area contributed by atoms with Crippen molar-refractivity contribution in [1.82, 2.24) is 9.13 Å². The van der Waals surface area contributed by atoms with Gasteiger partial charge in [-0.2, -0.15) is 0 Å². The van der Waals surface area contributed by atoms with Crippen molar-refractivity contribution in [3.8, 4) is 0 Å². The Kier molecular flexibility index (Phi) is 3.44. The molecule has 0 spiro atoms. The minimum Gasteiger partial charge on any atom is -0.348 e. The van der Waals surface area contributed by atoms with Gasteiger partial charge < -0.3 is 14.9 Å². The van der Waals surface area contributed by atoms with Crippen molar-refractivity contribution in [2.24, 2.45) is 5.73 Å². The van der Waals surface area contributed by atoms with Gasteiger partial charge in [-0.15, -0.1) is 0 Å². The van der Waals surface area contributed by atoms with Gasteiger partial charge in [-0.3, -0.25) is 4.79 Å². The maximum Gasteiger partial charge on any atom is 0.250 e. The molecule has 2 rings (SSSR count). The van der Waals surface area contributed by atoms with Crippen LogP contribution in [0, 0.1) is 0 Å². The summed E-state index contributed by atoms with van der Waals surface area (Å²) in [5.41, 5.74) is 6.99. The minimum absolute atomic E-state index is 0.0116. The van der Waals surface area contributed by atoms with E-state index in [1.54, 1.807) is 22.9 Å². The first-order valence-electron chi connectivity index (χ1n) is 5.74. The molecule has 0 fully saturated rings. The molecule has 2 aromatic heterocycles. The van der Waals surface area contributed by atoms with E-state index in [4.69, 9.17) is 5.73 Å². The zero-order chi connectivity index (χ0) is 12.3. The molecule has 0 aliphatic heterocycles. The first kappa shape index (κ1) is 11.7. The summed E-state index contributed by atoms with van der Waals surface area (Å²) in [5, 5.41) is 0. The number of nitrogens with two attached hydrogens (primary N) is 1. The Morgan fingerprint density at radius 1 is 1.12 bits per heavy atom. The van der Waals surface area contributed by atoms with Crippen molar-refractivity contribution < 1.29 is 0 Å². The SMILES string of the molecule is CC(N)c1cccn1CCn1ccccc1=O. The van der Waals surface area contributed by atoms with E-state index in [1.807, 2.05) is 31.3 Å². The first-order chi connectivity index (χ1) is 8.18. The monoisotopic (exact) mass is 231 g/mol. The number of hydrogen-bond acceptors (Lipinski definition) is 2. The summed E-state index contributed by atoms with van der Waals surface area (Å²) in [5.74, 6) is 0. The Hall–Kier alpha value is -1.81. The summed E-state index contributed by atoms with van der Waals surface area (Å²) in [6.45, 7) is 3.38. The predicted octanol–water partition coefficient (Wildman–Crippen LogP) is 1.37. The fourth-order valence-electron chi connectivity index (χ4n) is 1.91. The van der Waals surface area contributed by atoms with Gasteiger partial charge >= 0.3 is 0 Å². The lowest BCUT2D eigenvalue weighted by Crippen LogP contribution is -2.21. The van der Waals surface area contributed by atoms with Gasteiger partial charge in [-0.1, -0.05) is 6.07 Å². The lowest BCUT2D eigenvalue weighted by atomic mass is 10.2. The summed E-state index contributed by atoms with van der Waals surface area (Å²) >= 11 is 0. The molecule has 2 N–H and O–H groups in total. The van der Waals surface area contributed by atoms with Gasteiger partial charge in [-0.25, -0.2) is 0 Å². The number of pyridine rings is 1. The Labute approximate surface area is 100 Å². The van der Waals surface area contributed by atoms with E-state index in [1.165, 1.54) is 0 Å². The number of aromatic nitrogens is 2. The summed E-state index contributed by atoms with van der Waals surface area (Å²) < 4.78 is 3.79. The van der Waals surface area contributed by atoms with Crippen molar-refractivity contribution in [2.75, 3.05) is 0 Å². The maximum absolute atomic E-state index is 11.5. The summed E-state index contributed by atoms with van der Waals surface area (Å²) in [7, 11) is 0. The van der Waals surface area contributed by atoms with Crippen molar-refractivity contribution in [2.45, 2.75) is 26.1 Å². The number of rotatable bonds is 4. The Morgan fingerprint density at radius 3 is 2.53 bits per heavy atom. The van der Waals surface area contributed by atoms with Gasteiger partial charge in [0.2, 0.25) is 0 Å². The van der Waals surface area contributed by atoms with E-state index in [0.717, 1.165) is 12.2 Å². The molecule has 0 aliphatic carbocycles. The van der Waals surface area contributed by atoms with Crippen molar-refractivity contribution in [1.29, 1.82) is 0 Å². The zero-order valence-electron chi connectivity index (χ0n) is 9.91. The molecule has 0 radical (unpaired) electrons.